The summed E-state index contributed by atoms with van der Waals surface area (Å²) in [4.78, 5) is 16.8. The van der Waals surface area contributed by atoms with Gasteiger partial charge in [0.05, 0.1) is 16.7 Å². The Hall–Kier alpha value is -2.21. The predicted octanol–water partition coefficient (Wildman–Crippen LogP) is 9.18. The number of benzene rings is 2. The Morgan fingerprint density at radius 1 is 0.861 bits per heavy atom. The number of hydrogen-bond acceptors (Lipinski definition) is 3. The highest BCUT2D eigenvalue weighted by Gasteiger charge is 2.13. The van der Waals surface area contributed by atoms with Crippen LogP contribution >= 0.6 is 34.8 Å². The van der Waals surface area contributed by atoms with Crippen LogP contribution in [0.4, 0.5) is 5.82 Å². The molecule has 0 saturated carbocycles. The fourth-order valence-electron chi connectivity index (χ4n) is 3.94. The molecule has 0 aliphatic carbocycles. The van der Waals surface area contributed by atoms with Gasteiger partial charge in [0.25, 0.3) is 5.56 Å². The molecule has 3 rings (SSSR count). The van der Waals surface area contributed by atoms with E-state index in [0.29, 0.717) is 16.5 Å². The van der Waals surface area contributed by atoms with Gasteiger partial charge >= 0.3 is 0 Å². The Balaban J connectivity index is 1.42. The van der Waals surface area contributed by atoms with Gasteiger partial charge in [0, 0.05) is 17.3 Å². The minimum Gasteiger partial charge on any atom is -0.494 e. The number of ether oxygens (including phenoxy) is 1. The molecule has 1 heterocycles. The molecule has 0 atom stereocenters. The first kappa shape index (κ1) is 28.4. The second kappa shape index (κ2) is 15.1. The SMILES string of the molecule is CCCCCCCCCCCCOc1ccc(C=Nc2cc(=O)n(-c3c(Cl)cc(Cl)cc3Cl)[nH]2)cc1. The first-order valence-electron chi connectivity index (χ1n) is 12.7. The van der Waals surface area contributed by atoms with Gasteiger partial charge in [0.2, 0.25) is 0 Å². The quantitative estimate of drug-likeness (QED) is 0.151. The van der Waals surface area contributed by atoms with Gasteiger partial charge < -0.3 is 4.74 Å². The van der Waals surface area contributed by atoms with Crippen molar-refractivity contribution in [2.24, 2.45) is 4.99 Å². The molecule has 1 N–H and O–H groups in total. The van der Waals surface area contributed by atoms with Crippen molar-refractivity contribution in [1.82, 2.24) is 9.78 Å². The van der Waals surface area contributed by atoms with Crippen LogP contribution in [0.1, 0.15) is 76.7 Å². The summed E-state index contributed by atoms with van der Waals surface area (Å²) in [6.07, 6.45) is 14.8. The van der Waals surface area contributed by atoms with Gasteiger partial charge in [0.1, 0.15) is 11.4 Å². The number of aliphatic imine (C=N–C) groups is 1. The van der Waals surface area contributed by atoms with Crippen molar-refractivity contribution >= 4 is 46.8 Å². The predicted molar refractivity (Wildman–Crippen MR) is 152 cm³/mol. The largest absolute Gasteiger partial charge is 0.494 e. The van der Waals surface area contributed by atoms with E-state index >= 15 is 0 Å². The van der Waals surface area contributed by atoms with E-state index in [1.54, 1.807) is 6.21 Å². The first-order chi connectivity index (χ1) is 17.5. The molecule has 0 aliphatic rings. The van der Waals surface area contributed by atoms with Crippen molar-refractivity contribution in [1.29, 1.82) is 0 Å². The number of rotatable bonds is 15. The number of nitrogens with zero attached hydrogens (tertiary/aromatic N) is 2. The molecule has 0 amide bonds. The Labute approximate surface area is 228 Å². The molecule has 5 nitrogen and oxygen atoms in total. The summed E-state index contributed by atoms with van der Waals surface area (Å²) in [6.45, 7) is 2.99. The van der Waals surface area contributed by atoms with E-state index in [2.05, 4.69) is 17.0 Å². The van der Waals surface area contributed by atoms with Crippen LogP contribution in [0.5, 0.6) is 5.75 Å². The zero-order valence-corrected chi connectivity index (χ0v) is 23.0. The number of nitrogens with one attached hydrogen (secondary N) is 1. The van der Waals surface area contributed by atoms with Crippen LogP contribution in [0.3, 0.4) is 0 Å². The highest BCUT2D eigenvalue weighted by Crippen LogP contribution is 2.31. The monoisotopic (exact) mass is 549 g/mol. The van der Waals surface area contributed by atoms with E-state index in [1.807, 2.05) is 24.3 Å². The van der Waals surface area contributed by atoms with Crippen LogP contribution in [-0.4, -0.2) is 22.6 Å². The standard InChI is InChI=1S/C28H34Cl3N3O2/c1-2-3-4-5-6-7-8-9-10-11-16-36-23-14-12-21(13-15-23)20-32-26-19-27(35)34(33-26)28-24(30)17-22(29)18-25(28)31/h12-15,17-20,33H,2-11,16H2,1H3. The molecule has 0 fully saturated rings. The van der Waals surface area contributed by atoms with Crippen molar-refractivity contribution in [3.63, 3.8) is 0 Å². The minimum absolute atomic E-state index is 0.264. The third-order valence-electron chi connectivity index (χ3n) is 5.91. The first-order valence-corrected chi connectivity index (χ1v) is 13.8. The molecule has 0 radical (unpaired) electrons. The Morgan fingerprint density at radius 3 is 2.06 bits per heavy atom. The molecule has 0 unspecified atom stereocenters. The fourth-order valence-corrected chi connectivity index (χ4v) is 4.92. The molecule has 194 valence electrons. The number of unbranched alkanes of at least 4 members (excludes halogenated alkanes) is 9. The van der Waals surface area contributed by atoms with E-state index in [-0.39, 0.29) is 15.6 Å². The average molecular weight is 551 g/mol. The normalized spacial score (nSPS) is 11.4. The molecule has 36 heavy (non-hydrogen) atoms. The van der Waals surface area contributed by atoms with Crippen LogP contribution in [0.2, 0.25) is 15.1 Å². The van der Waals surface area contributed by atoms with Crippen LogP contribution in [0.15, 0.2) is 52.3 Å². The fraction of sp³-hybridized carbons (Fsp3) is 0.429. The lowest BCUT2D eigenvalue weighted by atomic mass is 10.1. The summed E-state index contributed by atoms with van der Waals surface area (Å²) >= 11 is 18.4. The topological polar surface area (TPSA) is 59.4 Å². The molecule has 0 bridgehead atoms. The lowest BCUT2D eigenvalue weighted by molar-refractivity contribution is 0.304. The van der Waals surface area contributed by atoms with Crippen molar-refractivity contribution in [2.45, 2.75) is 71.1 Å². The summed E-state index contributed by atoms with van der Waals surface area (Å²) in [5.41, 5.74) is 0.888. The van der Waals surface area contributed by atoms with Crippen LogP contribution in [0, 0.1) is 0 Å². The van der Waals surface area contributed by atoms with Gasteiger partial charge in [-0.2, -0.15) is 0 Å². The van der Waals surface area contributed by atoms with Gasteiger partial charge in [0.15, 0.2) is 5.82 Å². The molecule has 0 saturated heterocycles. The summed E-state index contributed by atoms with van der Waals surface area (Å²) in [7, 11) is 0. The third-order valence-corrected chi connectivity index (χ3v) is 6.71. The maximum absolute atomic E-state index is 12.4. The number of H-pyrrole nitrogens is 1. The number of halogens is 3. The summed E-state index contributed by atoms with van der Waals surface area (Å²) in [6, 6.07) is 12.2. The summed E-state index contributed by atoms with van der Waals surface area (Å²) in [5.74, 6) is 1.22. The molecule has 3 aromatic rings. The van der Waals surface area contributed by atoms with Crippen molar-refractivity contribution in [2.75, 3.05) is 6.61 Å². The van der Waals surface area contributed by atoms with Gasteiger partial charge in [-0.15, -0.1) is 0 Å². The summed E-state index contributed by atoms with van der Waals surface area (Å²) in [5, 5.41) is 3.83. The molecule has 1 aromatic heterocycles. The Kier molecular flexibility index (Phi) is 11.9. The van der Waals surface area contributed by atoms with E-state index in [9.17, 15) is 4.79 Å². The maximum atomic E-state index is 12.4. The molecule has 0 aliphatic heterocycles. The van der Waals surface area contributed by atoms with E-state index < -0.39 is 0 Å². The molecule has 2 aromatic carbocycles. The highest BCUT2D eigenvalue weighted by atomic mass is 35.5. The molecule has 8 heteroatoms. The van der Waals surface area contributed by atoms with Gasteiger partial charge in [-0.05, 0) is 48.4 Å². The second-order valence-electron chi connectivity index (χ2n) is 8.89. The zero-order valence-electron chi connectivity index (χ0n) is 20.7. The lowest BCUT2D eigenvalue weighted by Crippen LogP contribution is -2.14. The smallest absolute Gasteiger partial charge is 0.273 e. The van der Waals surface area contributed by atoms with E-state index in [4.69, 9.17) is 39.5 Å². The van der Waals surface area contributed by atoms with Crippen molar-refractivity contribution in [3.05, 3.63) is 73.4 Å². The van der Waals surface area contributed by atoms with E-state index in [1.165, 1.54) is 80.7 Å². The zero-order chi connectivity index (χ0) is 25.8. The van der Waals surface area contributed by atoms with E-state index in [0.717, 1.165) is 24.3 Å². The highest BCUT2D eigenvalue weighted by molar-refractivity contribution is 6.40. The number of hydrogen-bond donors (Lipinski definition) is 1. The Bertz CT molecular complexity index is 1150. The van der Waals surface area contributed by atoms with Crippen molar-refractivity contribution < 1.29 is 4.74 Å². The third kappa shape index (κ3) is 9.02. The van der Waals surface area contributed by atoms with Gasteiger partial charge in [-0.1, -0.05) is 99.5 Å². The number of aromatic amines is 1. The maximum Gasteiger partial charge on any atom is 0.273 e. The molecule has 0 spiro atoms. The minimum atomic E-state index is -0.330. The van der Waals surface area contributed by atoms with Crippen LogP contribution in [0.25, 0.3) is 5.69 Å². The van der Waals surface area contributed by atoms with Crippen LogP contribution in [-0.2, 0) is 0 Å². The van der Waals surface area contributed by atoms with Crippen molar-refractivity contribution in [3.8, 4) is 11.4 Å². The van der Waals surface area contributed by atoms with Gasteiger partial charge in [-0.3, -0.25) is 9.89 Å². The number of aromatic nitrogens is 2. The van der Waals surface area contributed by atoms with Crippen LogP contribution < -0.4 is 10.3 Å². The second-order valence-corrected chi connectivity index (χ2v) is 10.1. The molecular weight excluding hydrogens is 517 g/mol. The molecular formula is C28H34Cl3N3O2. The Morgan fingerprint density at radius 2 is 1.44 bits per heavy atom. The average Bonchev–Trinajstić information content (AvgIpc) is 3.21. The lowest BCUT2D eigenvalue weighted by Gasteiger charge is -2.07. The summed E-state index contributed by atoms with van der Waals surface area (Å²) < 4.78 is 7.11. The van der Waals surface area contributed by atoms with Gasteiger partial charge in [-0.25, -0.2) is 9.67 Å².